The Morgan fingerprint density at radius 3 is 2.44 bits per heavy atom. The van der Waals surface area contributed by atoms with Crippen molar-refractivity contribution in [3.63, 3.8) is 0 Å². The Hall–Kier alpha value is -1.90. The summed E-state index contributed by atoms with van der Waals surface area (Å²) < 4.78 is 0. The van der Waals surface area contributed by atoms with Crippen molar-refractivity contribution < 1.29 is 0 Å². The SMILES string of the molecule is C=CC/C(C=C)=C(\C/C=C\CN=O)NC=C. The smallest absolute Gasteiger partial charge is 0.0992 e. The number of hydrogen-bond acceptors (Lipinski definition) is 3. The predicted octanol–water partition coefficient (Wildman–Crippen LogP) is 3.45. The molecule has 0 aliphatic rings. The summed E-state index contributed by atoms with van der Waals surface area (Å²) in [5.74, 6) is 0. The summed E-state index contributed by atoms with van der Waals surface area (Å²) in [4.78, 5) is 9.89. The molecule has 1 N–H and O–H groups in total. The van der Waals surface area contributed by atoms with Gasteiger partial charge in [0.25, 0.3) is 0 Å². The van der Waals surface area contributed by atoms with Crippen molar-refractivity contribution in [3.8, 4) is 0 Å². The van der Waals surface area contributed by atoms with Gasteiger partial charge in [-0.05, 0) is 18.2 Å². The first kappa shape index (κ1) is 14.1. The Balaban J connectivity index is 4.66. The fraction of sp³-hybridized carbons (Fsp3) is 0.231. The molecule has 0 unspecified atom stereocenters. The van der Waals surface area contributed by atoms with Crippen LogP contribution in [0.3, 0.4) is 0 Å². The number of allylic oxidation sites excluding steroid dienone is 4. The summed E-state index contributed by atoms with van der Waals surface area (Å²) in [5.41, 5.74) is 2.07. The van der Waals surface area contributed by atoms with Crippen LogP contribution in [0.25, 0.3) is 0 Å². The maximum absolute atomic E-state index is 9.89. The Morgan fingerprint density at radius 2 is 1.94 bits per heavy atom. The van der Waals surface area contributed by atoms with Crippen molar-refractivity contribution >= 4 is 0 Å². The quantitative estimate of drug-likeness (QED) is 0.366. The third kappa shape index (κ3) is 5.75. The van der Waals surface area contributed by atoms with E-state index in [2.05, 4.69) is 30.2 Å². The lowest BCUT2D eigenvalue weighted by Crippen LogP contribution is -2.06. The predicted molar refractivity (Wildman–Crippen MR) is 69.8 cm³/mol. The molecule has 0 saturated carbocycles. The van der Waals surface area contributed by atoms with Gasteiger partial charge in [-0.3, -0.25) is 0 Å². The van der Waals surface area contributed by atoms with Crippen LogP contribution in [0.5, 0.6) is 0 Å². The van der Waals surface area contributed by atoms with Crippen LogP contribution in [-0.2, 0) is 0 Å². The first-order valence-electron chi connectivity index (χ1n) is 5.07. The molecule has 0 rings (SSSR count). The molecule has 3 nitrogen and oxygen atoms in total. The molecular formula is C13H18N2O. The highest BCUT2D eigenvalue weighted by Crippen LogP contribution is 2.12. The van der Waals surface area contributed by atoms with E-state index in [0.717, 1.165) is 17.7 Å². The van der Waals surface area contributed by atoms with Crippen molar-refractivity contribution in [3.05, 3.63) is 66.4 Å². The third-order valence-electron chi connectivity index (χ3n) is 1.94. The third-order valence-corrected chi connectivity index (χ3v) is 1.94. The Labute approximate surface area is 96.9 Å². The molecule has 0 amide bonds. The lowest BCUT2D eigenvalue weighted by Gasteiger charge is -2.09. The summed E-state index contributed by atoms with van der Waals surface area (Å²) in [6.45, 7) is 11.3. The van der Waals surface area contributed by atoms with Gasteiger partial charge < -0.3 is 5.32 Å². The average Bonchev–Trinajstić information content (AvgIpc) is 2.30. The fourth-order valence-corrected chi connectivity index (χ4v) is 1.21. The second-order valence-corrected chi connectivity index (χ2v) is 3.04. The molecular weight excluding hydrogens is 200 g/mol. The summed E-state index contributed by atoms with van der Waals surface area (Å²) in [7, 11) is 0. The van der Waals surface area contributed by atoms with Crippen LogP contribution in [0.4, 0.5) is 0 Å². The minimum atomic E-state index is 0.201. The zero-order chi connectivity index (χ0) is 12.2. The maximum atomic E-state index is 9.89. The van der Waals surface area contributed by atoms with E-state index in [1.54, 1.807) is 18.4 Å². The number of nitrogens with one attached hydrogen (secondary N) is 1. The number of rotatable bonds is 9. The lowest BCUT2D eigenvalue weighted by molar-refractivity contribution is 0.954. The highest BCUT2D eigenvalue weighted by Gasteiger charge is 1.99. The summed E-state index contributed by atoms with van der Waals surface area (Å²) >= 11 is 0. The Morgan fingerprint density at radius 1 is 1.19 bits per heavy atom. The van der Waals surface area contributed by atoms with Crippen LogP contribution in [0.2, 0.25) is 0 Å². The fourth-order valence-electron chi connectivity index (χ4n) is 1.21. The van der Waals surface area contributed by atoms with Crippen molar-refractivity contribution in [2.75, 3.05) is 6.54 Å². The molecule has 0 fully saturated rings. The van der Waals surface area contributed by atoms with Gasteiger partial charge >= 0.3 is 0 Å². The highest BCUT2D eigenvalue weighted by molar-refractivity contribution is 5.27. The standard InChI is InChI=1S/C13H18N2O/c1-4-9-12(5-2)13(14-6-3)10-7-8-11-15-16/h4-8,14H,1-3,9-11H2/b8-7-,13-12+. The van der Waals surface area contributed by atoms with Crippen LogP contribution in [0, 0.1) is 4.91 Å². The molecule has 3 heteroatoms. The summed E-state index contributed by atoms with van der Waals surface area (Å²) in [6.07, 6.45) is 10.3. The monoisotopic (exact) mass is 218 g/mol. The molecule has 0 bridgehead atoms. The van der Waals surface area contributed by atoms with Crippen LogP contribution >= 0.6 is 0 Å². The molecule has 0 aliphatic heterocycles. The van der Waals surface area contributed by atoms with Crippen LogP contribution < -0.4 is 5.32 Å². The number of nitroso groups, excluding NO2 is 1. The van der Waals surface area contributed by atoms with E-state index in [0.29, 0.717) is 6.42 Å². The van der Waals surface area contributed by atoms with Crippen molar-refractivity contribution in [2.24, 2.45) is 5.18 Å². The molecule has 0 aliphatic carbocycles. The van der Waals surface area contributed by atoms with Crippen molar-refractivity contribution in [2.45, 2.75) is 12.8 Å². The van der Waals surface area contributed by atoms with Crippen molar-refractivity contribution in [1.29, 1.82) is 0 Å². The summed E-state index contributed by atoms with van der Waals surface area (Å²) in [5, 5.41) is 5.81. The normalized spacial score (nSPS) is 11.8. The van der Waals surface area contributed by atoms with Gasteiger partial charge in [0, 0.05) is 12.1 Å². The number of nitrogens with zero attached hydrogens (tertiary/aromatic N) is 1. The van der Waals surface area contributed by atoms with Crippen LogP contribution in [0.15, 0.2) is 66.7 Å². The largest absolute Gasteiger partial charge is 0.365 e. The molecule has 0 aromatic heterocycles. The minimum Gasteiger partial charge on any atom is -0.365 e. The van der Waals surface area contributed by atoms with Gasteiger partial charge in [-0.15, -0.1) is 6.58 Å². The van der Waals surface area contributed by atoms with Crippen LogP contribution in [0.1, 0.15) is 12.8 Å². The average molecular weight is 218 g/mol. The molecule has 0 atom stereocenters. The molecule has 0 aromatic rings. The Bertz CT molecular complexity index is 314. The van der Waals surface area contributed by atoms with Gasteiger partial charge in [-0.25, -0.2) is 0 Å². The van der Waals surface area contributed by atoms with Gasteiger partial charge in [0.2, 0.25) is 0 Å². The van der Waals surface area contributed by atoms with E-state index in [9.17, 15) is 4.91 Å². The second-order valence-electron chi connectivity index (χ2n) is 3.04. The zero-order valence-corrected chi connectivity index (χ0v) is 9.48. The minimum absolute atomic E-state index is 0.201. The van der Waals surface area contributed by atoms with Gasteiger partial charge in [-0.2, -0.15) is 4.91 Å². The molecule has 16 heavy (non-hydrogen) atoms. The first-order valence-corrected chi connectivity index (χ1v) is 5.07. The Kier molecular flexibility index (Phi) is 8.50. The molecule has 0 aromatic carbocycles. The van der Waals surface area contributed by atoms with Gasteiger partial charge in [-0.1, -0.05) is 42.6 Å². The number of hydrogen-bond donors (Lipinski definition) is 1. The second kappa shape index (κ2) is 9.65. The van der Waals surface area contributed by atoms with Gasteiger partial charge in [0.1, 0.15) is 0 Å². The van der Waals surface area contributed by atoms with E-state index in [1.807, 2.05) is 12.2 Å². The summed E-state index contributed by atoms with van der Waals surface area (Å²) in [6, 6.07) is 0. The maximum Gasteiger partial charge on any atom is 0.0992 e. The van der Waals surface area contributed by atoms with E-state index in [-0.39, 0.29) is 6.54 Å². The first-order chi connectivity index (χ1) is 7.79. The zero-order valence-electron chi connectivity index (χ0n) is 9.48. The van der Waals surface area contributed by atoms with Gasteiger partial charge in [0.05, 0.1) is 6.54 Å². The topological polar surface area (TPSA) is 41.5 Å². The van der Waals surface area contributed by atoms with E-state index < -0.39 is 0 Å². The molecule has 0 spiro atoms. The highest BCUT2D eigenvalue weighted by atomic mass is 16.3. The lowest BCUT2D eigenvalue weighted by atomic mass is 10.1. The van der Waals surface area contributed by atoms with Crippen molar-refractivity contribution in [1.82, 2.24) is 5.32 Å². The molecule has 0 radical (unpaired) electrons. The molecule has 86 valence electrons. The van der Waals surface area contributed by atoms with E-state index in [4.69, 9.17) is 0 Å². The van der Waals surface area contributed by atoms with Gasteiger partial charge in [0.15, 0.2) is 0 Å². The van der Waals surface area contributed by atoms with E-state index >= 15 is 0 Å². The van der Waals surface area contributed by atoms with E-state index in [1.165, 1.54) is 0 Å². The molecule has 0 heterocycles. The van der Waals surface area contributed by atoms with Crippen LogP contribution in [-0.4, -0.2) is 6.54 Å². The molecule has 0 saturated heterocycles.